The summed E-state index contributed by atoms with van der Waals surface area (Å²) in [6.07, 6.45) is 3.27. The van der Waals surface area contributed by atoms with E-state index in [2.05, 4.69) is 4.98 Å². The molecular formula is C16H18N2O2. The first-order chi connectivity index (χ1) is 9.66. The van der Waals surface area contributed by atoms with Crippen LogP contribution >= 0.6 is 0 Å². The fourth-order valence-electron chi connectivity index (χ4n) is 2.87. The van der Waals surface area contributed by atoms with Gasteiger partial charge in [0.1, 0.15) is 5.69 Å². The number of hydrogen-bond acceptors (Lipinski definition) is 2. The molecule has 2 heterocycles. The molecule has 1 aliphatic heterocycles. The fraction of sp³-hybridized carbons (Fsp3) is 0.375. The molecule has 20 heavy (non-hydrogen) atoms. The number of nitrogens with one attached hydrogen (secondary N) is 1. The van der Waals surface area contributed by atoms with Gasteiger partial charge in [0.15, 0.2) is 5.43 Å². The van der Waals surface area contributed by atoms with E-state index in [1.807, 2.05) is 30.0 Å². The molecule has 1 aliphatic rings. The number of carbonyl (C=O) groups is 1. The second kappa shape index (κ2) is 5.12. The van der Waals surface area contributed by atoms with Gasteiger partial charge < -0.3 is 9.88 Å². The van der Waals surface area contributed by atoms with E-state index in [9.17, 15) is 9.59 Å². The Morgan fingerprint density at radius 1 is 1.20 bits per heavy atom. The Labute approximate surface area is 117 Å². The normalized spacial score (nSPS) is 15.6. The number of amides is 1. The minimum absolute atomic E-state index is 0.0646. The summed E-state index contributed by atoms with van der Waals surface area (Å²) in [5.41, 5.74) is 1.98. The van der Waals surface area contributed by atoms with E-state index < -0.39 is 0 Å². The third kappa shape index (κ3) is 2.22. The summed E-state index contributed by atoms with van der Waals surface area (Å²) in [4.78, 5) is 29.6. The molecule has 1 aromatic carbocycles. The molecule has 0 atom stereocenters. The van der Waals surface area contributed by atoms with E-state index in [-0.39, 0.29) is 11.3 Å². The van der Waals surface area contributed by atoms with Crippen LogP contribution in [-0.2, 0) is 0 Å². The van der Waals surface area contributed by atoms with Crippen LogP contribution in [0.4, 0.5) is 0 Å². The minimum Gasteiger partial charge on any atom is -0.350 e. The lowest BCUT2D eigenvalue weighted by Crippen LogP contribution is -2.36. The Balaban J connectivity index is 2.04. The zero-order valence-electron chi connectivity index (χ0n) is 11.6. The van der Waals surface area contributed by atoms with E-state index in [1.165, 1.54) is 12.5 Å². The number of pyridine rings is 1. The highest BCUT2D eigenvalue weighted by atomic mass is 16.2. The van der Waals surface area contributed by atoms with E-state index in [0.717, 1.165) is 37.0 Å². The summed E-state index contributed by atoms with van der Waals surface area (Å²) in [7, 11) is 0. The number of likely N-dealkylation sites (tertiary alicyclic amines) is 1. The highest BCUT2D eigenvalue weighted by Crippen LogP contribution is 2.15. The zero-order valence-corrected chi connectivity index (χ0v) is 11.6. The van der Waals surface area contributed by atoms with E-state index >= 15 is 0 Å². The maximum absolute atomic E-state index is 12.4. The molecule has 104 valence electrons. The van der Waals surface area contributed by atoms with Crippen LogP contribution < -0.4 is 5.43 Å². The van der Waals surface area contributed by atoms with Crippen LogP contribution in [-0.4, -0.2) is 28.9 Å². The number of carbonyl (C=O) groups excluding carboxylic acids is 1. The Hall–Kier alpha value is -2.10. The van der Waals surface area contributed by atoms with Crippen molar-refractivity contribution in [3.63, 3.8) is 0 Å². The van der Waals surface area contributed by atoms with Crippen LogP contribution in [0.2, 0.25) is 0 Å². The van der Waals surface area contributed by atoms with Gasteiger partial charge in [0.2, 0.25) is 0 Å². The van der Waals surface area contributed by atoms with Gasteiger partial charge >= 0.3 is 0 Å². The lowest BCUT2D eigenvalue weighted by Gasteiger charge is -2.26. The SMILES string of the molecule is Cc1cccc2[nH]c(C(=O)N3CCCCC3)cc(=O)c12. The average Bonchev–Trinajstić information content (AvgIpc) is 2.47. The Morgan fingerprint density at radius 3 is 2.70 bits per heavy atom. The van der Waals surface area contributed by atoms with Crippen LogP contribution in [0.5, 0.6) is 0 Å². The maximum atomic E-state index is 12.4. The summed E-state index contributed by atoms with van der Waals surface area (Å²) < 4.78 is 0. The average molecular weight is 270 g/mol. The molecule has 0 spiro atoms. The number of aromatic nitrogens is 1. The molecule has 1 aromatic heterocycles. The highest BCUT2D eigenvalue weighted by Gasteiger charge is 2.19. The van der Waals surface area contributed by atoms with Crippen molar-refractivity contribution >= 4 is 16.8 Å². The minimum atomic E-state index is -0.0859. The Bertz CT molecular complexity index is 712. The summed E-state index contributed by atoms with van der Waals surface area (Å²) >= 11 is 0. The lowest BCUT2D eigenvalue weighted by molar-refractivity contribution is 0.0718. The van der Waals surface area contributed by atoms with Crippen molar-refractivity contribution in [2.24, 2.45) is 0 Å². The van der Waals surface area contributed by atoms with Crippen molar-refractivity contribution in [3.05, 3.63) is 45.7 Å². The predicted molar refractivity (Wildman–Crippen MR) is 79.1 cm³/mol. The van der Waals surface area contributed by atoms with Gasteiger partial charge in [0, 0.05) is 24.5 Å². The van der Waals surface area contributed by atoms with Crippen LogP contribution in [0, 0.1) is 6.92 Å². The van der Waals surface area contributed by atoms with Gasteiger partial charge in [-0.15, -0.1) is 0 Å². The van der Waals surface area contributed by atoms with Crippen LogP contribution in [0.15, 0.2) is 29.1 Å². The number of H-pyrrole nitrogens is 1. The number of hydrogen-bond donors (Lipinski definition) is 1. The Morgan fingerprint density at radius 2 is 1.95 bits per heavy atom. The van der Waals surface area contributed by atoms with Crippen LogP contribution in [0.1, 0.15) is 35.3 Å². The van der Waals surface area contributed by atoms with Crippen molar-refractivity contribution in [1.29, 1.82) is 0 Å². The first-order valence-corrected chi connectivity index (χ1v) is 7.09. The monoisotopic (exact) mass is 270 g/mol. The number of fused-ring (bicyclic) bond motifs is 1. The van der Waals surface area contributed by atoms with Crippen molar-refractivity contribution in [2.75, 3.05) is 13.1 Å². The molecule has 1 saturated heterocycles. The second-order valence-corrected chi connectivity index (χ2v) is 5.40. The fourth-order valence-corrected chi connectivity index (χ4v) is 2.87. The van der Waals surface area contributed by atoms with Crippen molar-refractivity contribution < 1.29 is 4.79 Å². The highest BCUT2D eigenvalue weighted by molar-refractivity contribution is 5.95. The number of rotatable bonds is 1. The number of benzene rings is 1. The summed E-state index contributed by atoms with van der Waals surface area (Å²) in [6, 6.07) is 7.08. The molecule has 0 bridgehead atoms. The smallest absolute Gasteiger partial charge is 0.270 e. The zero-order chi connectivity index (χ0) is 14.1. The van der Waals surface area contributed by atoms with Crippen molar-refractivity contribution in [1.82, 2.24) is 9.88 Å². The van der Waals surface area contributed by atoms with E-state index in [0.29, 0.717) is 11.1 Å². The third-order valence-corrected chi connectivity index (χ3v) is 3.94. The molecule has 0 radical (unpaired) electrons. The second-order valence-electron chi connectivity index (χ2n) is 5.40. The summed E-state index contributed by atoms with van der Waals surface area (Å²) in [6.45, 7) is 3.48. The van der Waals surface area contributed by atoms with Gasteiger partial charge in [0.05, 0.1) is 5.52 Å². The molecule has 3 rings (SSSR count). The number of nitrogens with zero attached hydrogens (tertiary/aromatic N) is 1. The van der Waals surface area contributed by atoms with E-state index in [1.54, 1.807) is 0 Å². The first kappa shape index (κ1) is 12.9. The largest absolute Gasteiger partial charge is 0.350 e. The Kier molecular flexibility index (Phi) is 3.30. The molecule has 2 aromatic rings. The lowest BCUT2D eigenvalue weighted by atomic mass is 10.1. The van der Waals surface area contributed by atoms with Gasteiger partial charge in [-0.25, -0.2) is 0 Å². The first-order valence-electron chi connectivity index (χ1n) is 7.09. The number of piperidine rings is 1. The molecule has 4 heteroatoms. The summed E-state index contributed by atoms with van der Waals surface area (Å²) in [5.74, 6) is -0.0646. The molecular weight excluding hydrogens is 252 g/mol. The summed E-state index contributed by atoms with van der Waals surface area (Å²) in [5, 5.41) is 0.669. The van der Waals surface area contributed by atoms with E-state index in [4.69, 9.17) is 0 Å². The molecule has 0 unspecified atom stereocenters. The molecule has 0 saturated carbocycles. The van der Waals surface area contributed by atoms with Gasteiger partial charge in [0.25, 0.3) is 5.91 Å². The quantitative estimate of drug-likeness (QED) is 0.865. The van der Waals surface area contributed by atoms with Gasteiger partial charge in [-0.2, -0.15) is 0 Å². The van der Waals surface area contributed by atoms with Crippen molar-refractivity contribution in [3.8, 4) is 0 Å². The van der Waals surface area contributed by atoms with Gasteiger partial charge in [-0.3, -0.25) is 9.59 Å². The number of aryl methyl sites for hydroxylation is 1. The molecule has 1 amide bonds. The molecule has 1 N–H and O–H groups in total. The molecule has 4 nitrogen and oxygen atoms in total. The van der Waals surface area contributed by atoms with Crippen LogP contribution in [0.25, 0.3) is 10.9 Å². The van der Waals surface area contributed by atoms with Crippen LogP contribution in [0.3, 0.4) is 0 Å². The number of aromatic amines is 1. The predicted octanol–water partition coefficient (Wildman–Crippen LogP) is 2.46. The molecule has 0 aliphatic carbocycles. The molecule has 1 fully saturated rings. The van der Waals surface area contributed by atoms with Gasteiger partial charge in [-0.05, 0) is 37.8 Å². The maximum Gasteiger partial charge on any atom is 0.270 e. The third-order valence-electron chi connectivity index (χ3n) is 3.94. The topological polar surface area (TPSA) is 53.2 Å². The van der Waals surface area contributed by atoms with Gasteiger partial charge in [-0.1, -0.05) is 12.1 Å². The van der Waals surface area contributed by atoms with Crippen molar-refractivity contribution in [2.45, 2.75) is 26.2 Å². The standard InChI is InChI=1S/C16H18N2O2/c1-11-6-5-7-12-15(11)14(19)10-13(17-12)16(20)18-8-3-2-4-9-18/h5-7,10H,2-4,8-9H2,1H3,(H,17,19).